The number of nitrogens with one attached hydrogen (secondary N) is 1. The Hall–Kier alpha value is -1.65. The van der Waals surface area contributed by atoms with Gasteiger partial charge >= 0.3 is 0 Å². The summed E-state index contributed by atoms with van der Waals surface area (Å²) in [5.74, 6) is -0.0649. The van der Waals surface area contributed by atoms with Crippen LogP contribution in [0, 0.1) is 0 Å². The summed E-state index contributed by atoms with van der Waals surface area (Å²) in [5, 5.41) is 6.96. The predicted octanol–water partition coefficient (Wildman–Crippen LogP) is 3.43. The van der Waals surface area contributed by atoms with E-state index < -0.39 is 0 Å². The fourth-order valence-corrected chi connectivity index (χ4v) is 2.68. The van der Waals surface area contributed by atoms with Crippen molar-refractivity contribution >= 4 is 17.2 Å². The highest BCUT2D eigenvalue weighted by Gasteiger charge is 2.13. The Morgan fingerprint density at radius 2 is 2.05 bits per heavy atom. The summed E-state index contributed by atoms with van der Waals surface area (Å²) in [6.07, 6.45) is 0.881. The van der Waals surface area contributed by atoms with Gasteiger partial charge in [-0.25, -0.2) is 0 Å². The van der Waals surface area contributed by atoms with Crippen molar-refractivity contribution in [3.63, 3.8) is 0 Å². The quantitative estimate of drug-likeness (QED) is 0.885. The van der Waals surface area contributed by atoms with Crippen LogP contribution in [0.25, 0.3) is 0 Å². The molecule has 4 heteroatoms. The molecule has 1 aromatic heterocycles. The second kappa shape index (κ2) is 7.22. The van der Waals surface area contributed by atoms with Crippen LogP contribution in [0.5, 0.6) is 0 Å². The molecule has 1 amide bonds. The number of hydrogen-bond donors (Lipinski definition) is 1. The van der Waals surface area contributed by atoms with Crippen LogP contribution >= 0.6 is 11.3 Å². The van der Waals surface area contributed by atoms with Crippen molar-refractivity contribution in [2.45, 2.75) is 19.4 Å². The number of benzene rings is 1. The molecular weight excluding hydrogens is 270 g/mol. The lowest BCUT2D eigenvalue weighted by Gasteiger charge is -2.15. The number of ether oxygens (including phenoxy) is 1. The molecule has 0 spiro atoms. The van der Waals surface area contributed by atoms with Crippen molar-refractivity contribution < 1.29 is 9.53 Å². The minimum absolute atomic E-state index is 0.0649. The molecule has 1 atom stereocenters. The Labute approximate surface area is 123 Å². The Bertz CT molecular complexity index is 534. The van der Waals surface area contributed by atoms with Gasteiger partial charge in [-0.05, 0) is 46.5 Å². The summed E-state index contributed by atoms with van der Waals surface area (Å²) in [4.78, 5) is 12.1. The highest BCUT2D eigenvalue weighted by Crippen LogP contribution is 2.18. The van der Waals surface area contributed by atoms with Gasteiger partial charge in [0.15, 0.2) is 0 Å². The fourth-order valence-electron chi connectivity index (χ4n) is 1.97. The molecule has 0 aliphatic rings. The lowest BCUT2D eigenvalue weighted by molar-refractivity contribution is 0.0829. The Morgan fingerprint density at radius 3 is 2.60 bits per heavy atom. The summed E-state index contributed by atoms with van der Waals surface area (Å²) in [7, 11) is 1.66. The van der Waals surface area contributed by atoms with Gasteiger partial charge in [0.25, 0.3) is 5.91 Å². The highest BCUT2D eigenvalue weighted by atomic mass is 32.1. The molecule has 0 fully saturated rings. The van der Waals surface area contributed by atoms with Gasteiger partial charge < -0.3 is 10.1 Å². The van der Waals surface area contributed by atoms with E-state index in [2.05, 4.69) is 12.2 Å². The SMILES string of the molecule is CCc1ccc(C(=O)NCC(OC)c2ccsc2)cc1. The Kier molecular flexibility index (Phi) is 5.32. The normalized spacial score (nSPS) is 12.1. The zero-order valence-corrected chi connectivity index (χ0v) is 12.6. The molecule has 0 aliphatic carbocycles. The number of hydrogen-bond acceptors (Lipinski definition) is 3. The van der Waals surface area contributed by atoms with Crippen molar-refractivity contribution in [3.8, 4) is 0 Å². The van der Waals surface area contributed by atoms with Crippen LogP contribution in [0.4, 0.5) is 0 Å². The Morgan fingerprint density at radius 1 is 1.30 bits per heavy atom. The van der Waals surface area contributed by atoms with Crippen LogP contribution in [0.15, 0.2) is 41.1 Å². The van der Waals surface area contributed by atoms with Gasteiger partial charge in [0.2, 0.25) is 0 Å². The van der Waals surface area contributed by atoms with Gasteiger partial charge in [-0.15, -0.1) is 0 Å². The average Bonchev–Trinajstić information content (AvgIpc) is 3.02. The molecule has 20 heavy (non-hydrogen) atoms. The van der Waals surface area contributed by atoms with Gasteiger partial charge in [-0.1, -0.05) is 19.1 Å². The average molecular weight is 289 g/mol. The van der Waals surface area contributed by atoms with Crippen molar-refractivity contribution in [2.75, 3.05) is 13.7 Å². The van der Waals surface area contributed by atoms with E-state index in [-0.39, 0.29) is 12.0 Å². The number of thiophene rings is 1. The van der Waals surface area contributed by atoms with E-state index in [0.29, 0.717) is 12.1 Å². The molecule has 1 unspecified atom stereocenters. The second-order valence-electron chi connectivity index (χ2n) is 4.54. The summed E-state index contributed by atoms with van der Waals surface area (Å²) in [6, 6.07) is 9.71. The Balaban J connectivity index is 1.93. The van der Waals surface area contributed by atoms with E-state index in [9.17, 15) is 4.79 Å². The van der Waals surface area contributed by atoms with Crippen molar-refractivity contribution in [3.05, 3.63) is 57.8 Å². The first-order valence-electron chi connectivity index (χ1n) is 6.66. The third kappa shape index (κ3) is 3.68. The van der Waals surface area contributed by atoms with E-state index in [0.717, 1.165) is 12.0 Å². The van der Waals surface area contributed by atoms with E-state index in [1.807, 2.05) is 41.1 Å². The first-order chi connectivity index (χ1) is 9.74. The van der Waals surface area contributed by atoms with Gasteiger partial charge in [-0.2, -0.15) is 11.3 Å². The second-order valence-corrected chi connectivity index (χ2v) is 5.32. The molecule has 106 valence electrons. The number of carbonyl (C=O) groups excluding carboxylic acids is 1. The van der Waals surface area contributed by atoms with Crippen molar-refractivity contribution in [1.82, 2.24) is 5.32 Å². The van der Waals surface area contributed by atoms with E-state index >= 15 is 0 Å². The molecule has 2 rings (SSSR count). The highest BCUT2D eigenvalue weighted by molar-refractivity contribution is 7.07. The molecule has 2 aromatic rings. The number of rotatable bonds is 6. The van der Waals surface area contributed by atoms with E-state index in [1.165, 1.54) is 5.56 Å². The van der Waals surface area contributed by atoms with Crippen LogP contribution in [-0.2, 0) is 11.2 Å². The van der Waals surface area contributed by atoms with Crippen LogP contribution in [0.1, 0.15) is 34.5 Å². The lowest BCUT2D eigenvalue weighted by atomic mass is 10.1. The smallest absolute Gasteiger partial charge is 0.251 e. The van der Waals surface area contributed by atoms with Gasteiger partial charge in [0.1, 0.15) is 6.10 Å². The van der Waals surface area contributed by atoms with Crippen LogP contribution < -0.4 is 5.32 Å². The number of aryl methyl sites for hydroxylation is 1. The monoisotopic (exact) mass is 289 g/mol. The maximum atomic E-state index is 12.1. The third-order valence-corrected chi connectivity index (χ3v) is 3.97. The number of methoxy groups -OCH3 is 1. The standard InChI is InChI=1S/C16H19NO2S/c1-3-12-4-6-13(7-5-12)16(18)17-10-15(19-2)14-8-9-20-11-14/h4-9,11,15H,3,10H2,1-2H3,(H,17,18). The minimum Gasteiger partial charge on any atom is -0.375 e. The minimum atomic E-state index is -0.0971. The van der Waals surface area contributed by atoms with Crippen LogP contribution in [0.3, 0.4) is 0 Å². The number of carbonyl (C=O) groups is 1. The molecule has 1 N–H and O–H groups in total. The van der Waals surface area contributed by atoms with Gasteiger partial charge in [0, 0.05) is 19.2 Å². The topological polar surface area (TPSA) is 38.3 Å². The zero-order chi connectivity index (χ0) is 14.4. The largest absolute Gasteiger partial charge is 0.375 e. The number of amides is 1. The van der Waals surface area contributed by atoms with Crippen molar-refractivity contribution in [2.24, 2.45) is 0 Å². The fraction of sp³-hybridized carbons (Fsp3) is 0.312. The summed E-state index contributed by atoms with van der Waals surface area (Å²) in [6.45, 7) is 2.57. The molecule has 0 bridgehead atoms. The maximum absolute atomic E-state index is 12.1. The van der Waals surface area contributed by atoms with E-state index in [4.69, 9.17) is 4.74 Å². The molecule has 3 nitrogen and oxygen atoms in total. The summed E-state index contributed by atoms with van der Waals surface area (Å²) < 4.78 is 5.41. The molecular formula is C16H19NO2S. The first-order valence-corrected chi connectivity index (χ1v) is 7.61. The van der Waals surface area contributed by atoms with E-state index in [1.54, 1.807) is 18.4 Å². The summed E-state index contributed by atoms with van der Waals surface area (Å²) >= 11 is 1.63. The summed E-state index contributed by atoms with van der Waals surface area (Å²) in [5.41, 5.74) is 3.01. The van der Waals surface area contributed by atoms with Crippen molar-refractivity contribution in [1.29, 1.82) is 0 Å². The lowest BCUT2D eigenvalue weighted by Crippen LogP contribution is -2.28. The molecule has 0 radical (unpaired) electrons. The van der Waals surface area contributed by atoms with Gasteiger partial charge in [0.05, 0.1) is 0 Å². The first kappa shape index (κ1) is 14.8. The van der Waals surface area contributed by atoms with Crippen LogP contribution in [-0.4, -0.2) is 19.6 Å². The molecule has 0 saturated carbocycles. The molecule has 0 saturated heterocycles. The molecule has 1 aromatic carbocycles. The molecule has 0 aliphatic heterocycles. The maximum Gasteiger partial charge on any atom is 0.251 e. The third-order valence-electron chi connectivity index (χ3n) is 3.27. The van der Waals surface area contributed by atoms with Crippen LogP contribution in [0.2, 0.25) is 0 Å². The predicted molar refractivity (Wildman–Crippen MR) is 82.2 cm³/mol. The molecule has 1 heterocycles. The zero-order valence-electron chi connectivity index (χ0n) is 11.8. The van der Waals surface area contributed by atoms with Gasteiger partial charge in [-0.3, -0.25) is 4.79 Å².